The summed E-state index contributed by atoms with van der Waals surface area (Å²) >= 11 is 0. The number of rotatable bonds is 5. The molecule has 1 atom stereocenters. The van der Waals surface area contributed by atoms with Gasteiger partial charge in [-0.1, -0.05) is 19.8 Å². The van der Waals surface area contributed by atoms with Crippen LogP contribution < -0.4 is 11.5 Å². The van der Waals surface area contributed by atoms with E-state index in [1.165, 1.54) is 44.9 Å². The van der Waals surface area contributed by atoms with Crippen molar-refractivity contribution in [2.24, 2.45) is 51.0 Å². The Morgan fingerprint density at radius 3 is 2.26 bits per heavy atom. The molecule has 0 aromatic rings. The molecule has 0 saturated heterocycles. The number of aliphatic imine (C=N–C) groups is 2. The molecule has 1 aliphatic heterocycles. The minimum Gasteiger partial charge on any atom is -0.369 e. The van der Waals surface area contributed by atoms with Crippen LogP contribution in [0.25, 0.3) is 0 Å². The topological polar surface area (TPSA) is 80.0 Å². The van der Waals surface area contributed by atoms with E-state index in [1.807, 2.05) is 0 Å². The Bertz CT molecular complexity index is 484. The average molecular weight is 317 g/mol. The minimum atomic E-state index is 0.138. The maximum absolute atomic E-state index is 6.25. The van der Waals surface area contributed by atoms with Crippen LogP contribution in [0.4, 0.5) is 0 Å². The number of hydrogen-bond donors (Lipinski definition) is 2. The van der Waals surface area contributed by atoms with Gasteiger partial charge in [-0.15, -0.1) is 0 Å². The molecule has 0 aromatic carbocycles. The first-order valence-corrected chi connectivity index (χ1v) is 9.59. The zero-order chi connectivity index (χ0) is 16.0. The van der Waals surface area contributed by atoms with Crippen molar-refractivity contribution < 1.29 is 0 Å². The lowest BCUT2D eigenvalue weighted by atomic mass is 9.51. The van der Waals surface area contributed by atoms with E-state index in [0.717, 1.165) is 36.6 Å². The summed E-state index contributed by atoms with van der Waals surface area (Å²) in [6.45, 7) is 3.20. The fraction of sp³-hybridized carbons (Fsp3) is 0.889. The Hall–Kier alpha value is -1.26. The van der Waals surface area contributed by atoms with Gasteiger partial charge in [-0.05, 0) is 62.2 Å². The first-order valence-electron chi connectivity index (χ1n) is 9.59. The Balaban J connectivity index is 1.56. The maximum Gasteiger partial charge on any atom is 0.220 e. The van der Waals surface area contributed by atoms with Gasteiger partial charge in [0.2, 0.25) is 11.9 Å². The van der Waals surface area contributed by atoms with Gasteiger partial charge in [0.25, 0.3) is 0 Å². The van der Waals surface area contributed by atoms with Crippen molar-refractivity contribution in [3.05, 3.63) is 0 Å². The standard InChI is InChI=1S/C18H31N5/c1-2-3-4-5-23-16(21-17(19)22-18(23)20)15-13-7-11-6-12(9-13)10-14(15)8-11/h11-16H,2-10H2,1H3,(H4,19,20,21,22). The Morgan fingerprint density at radius 1 is 1.00 bits per heavy atom. The van der Waals surface area contributed by atoms with E-state index < -0.39 is 0 Å². The molecule has 1 heterocycles. The molecular formula is C18H31N5. The number of hydrogen-bond acceptors (Lipinski definition) is 5. The predicted molar refractivity (Wildman–Crippen MR) is 93.8 cm³/mol. The van der Waals surface area contributed by atoms with Gasteiger partial charge in [-0.25, -0.2) is 4.99 Å². The van der Waals surface area contributed by atoms with Crippen LogP contribution in [-0.4, -0.2) is 29.5 Å². The van der Waals surface area contributed by atoms with Gasteiger partial charge in [0.15, 0.2) is 0 Å². The van der Waals surface area contributed by atoms with Gasteiger partial charge in [0.1, 0.15) is 6.17 Å². The van der Waals surface area contributed by atoms with Crippen molar-refractivity contribution >= 4 is 11.9 Å². The molecule has 0 amide bonds. The monoisotopic (exact) mass is 317 g/mol. The van der Waals surface area contributed by atoms with Crippen LogP contribution in [-0.2, 0) is 0 Å². The molecule has 4 saturated carbocycles. The third-order valence-electron chi connectivity index (χ3n) is 6.75. The van der Waals surface area contributed by atoms with Crippen LogP contribution in [0.2, 0.25) is 0 Å². The molecule has 4 aliphatic carbocycles. The second-order valence-electron chi connectivity index (χ2n) is 8.28. The van der Waals surface area contributed by atoms with Crippen LogP contribution in [0.5, 0.6) is 0 Å². The van der Waals surface area contributed by atoms with Crippen LogP contribution in [0.15, 0.2) is 9.98 Å². The number of nitrogens with zero attached hydrogens (tertiary/aromatic N) is 3. The Kier molecular flexibility index (Phi) is 3.98. The lowest BCUT2D eigenvalue weighted by Gasteiger charge is -2.57. The molecule has 128 valence electrons. The summed E-state index contributed by atoms with van der Waals surface area (Å²) in [6, 6.07) is 0. The summed E-state index contributed by atoms with van der Waals surface area (Å²) in [5.74, 6) is 5.23. The van der Waals surface area contributed by atoms with E-state index in [4.69, 9.17) is 16.5 Å². The molecule has 5 rings (SSSR count). The Morgan fingerprint density at radius 2 is 1.65 bits per heavy atom. The van der Waals surface area contributed by atoms with E-state index in [1.54, 1.807) is 0 Å². The van der Waals surface area contributed by atoms with Crippen molar-refractivity contribution in [3.8, 4) is 0 Å². The molecule has 5 aliphatic rings. The maximum atomic E-state index is 6.25. The van der Waals surface area contributed by atoms with Gasteiger partial charge in [0, 0.05) is 12.5 Å². The molecule has 23 heavy (non-hydrogen) atoms. The molecular weight excluding hydrogens is 286 g/mol. The largest absolute Gasteiger partial charge is 0.369 e. The van der Waals surface area contributed by atoms with Gasteiger partial charge < -0.3 is 16.4 Å². The summed E-state index contributed by atoms with van der Waals surface area (Å²) in [5, 5.41) is 0. The summed E-state index contributed by atoms with van der Waals surface area (Å²) < 4.78 is 0. The summed E-state index contributed by atoms with van der Waals surface area (Å²) in [6.07, 6.45) is 10.9. The first kappa shape index (κ1) is 15.3. The van der Waals surface area contributed by atoms with Gasteiger partial charge >= 0.3 is 0 Å². The number of guanidine groups is 2. The molecule has 4 fully saturated rings. The van der Waals surface area contributed by atoms with E-state index in [-0.39, 0.29) is 6.17 Å². The molecule has 0 spiro atoms. The number of unbranched alkanes of at least 4 members (excludes halogenated alkanes) is 2. The van der Waals surface area contributed by atoms with E-state index in [9.17, 15) is 0 Å². The lowest BCUT2D eigenvalue weighted by molar-refractivity contribution is -0.0636. The average Bonchev–Trinajstić information content (AvgIpc) is 2.48. The molecule has 4 N–H and O–H groups in total. The molecule has 0 aromatic heterocycles. The lowest BCUT2D eigenvalue weighted by Crippen LogP contribution is -2.58. The predicted octanol–water partition coefficient (Wildman–Crippen LogP) is 2.52. The second-order valence-corrected chi connectivity index (χ2v) is 8.28. The minimum absolute atomic E-state index is 0.138. The molecule has 5 nitrogen and oxygen atoms in total. The van der Waals surface area contributed by atoms with Crippen molar-refractivity contribution in [1.82, 2.24) is 4.90 Å². The highest BCUT2D eigenvalue weighted by atomic mass is 15.4. The van der Waals surface area contributed by atoms with E-state index in [2.05, 4.69) is 16.8 Å². The van der Waals surface area contributed by atoms with Crippen molar-refractivity contribution in [3.63, 3.8) is 0 Å². The van der Waals surface area contributed by atoms with E-state index in [0.29, 0.717) is 17.8 Å². The summed E-state index contributed by atoms with van der Waals surface area (Å²) in [5.41, 5.74) is 12.2. The van der Waals surface area contributed by atoms with Crippen molar-refractivity contribution in [1.29, 1.82) is 0 Å². The first-order chi connectivity index (χ1) is 11.2. The van der Waals surface area contributed by atoms with Crippen molar-refractivity contribution in [2.75, 3.05) is 6.54 Å². The SMILES string of the molecule is CCCCCN1C(N)=NC(N)=NC1C1C2CC3CC(C2)CC1C3. The van der Waals surface area contributed by atoms with Gasteiger partial charge in [0.05, 0.1) is 0 Å². The number of nitrogens with two attached hydrogens (primary N) is 2. The van der Waals surface area contributed by atoms with Gasteiger partial charge in [-0.2, -0.15) is 4.99 Å². The molecule has 5 heteroatoms. The van der Waals surface area contributed by atoms with Crippen LogP contribution in [0, 0.1) is 29.6 Å². The zero-order valence-electron chi connectivity index (χ0n) is 14.3. The normalized spacial score (nSPS) is 41.9. The smallest absolute Gasteiger partial charge is 0.220 e. The third kappa shape index (κ3) is 2.72. The highest BCUT2D eigenvalue weighted by Gasteiger charge is 2.52. The van der Waals surface area contributed by atoms with Crippen molar-refractivity contribution in [2.45, 2.75) is 64.5 Å². The summed E-state index contributed by atoms with van der Waals surface area (Å²) in [7, 11) is 0. The highest BCUT2D eigenvalue weighted by molar-refractivity contribution is 5.95. The van der Waals surface area contributed by atoms with E-state index >= 15 is 0 Å². The Labute approximate surface area is 139 Å². The summed E-state index contributed by atoms with van der Waals surface area (Å²) in [4.78, 5) is 11.3. The molecule has 1 unspecified atom stereocenters. The molecule has 0 radical (unpaired) electrons. The van der Waals surface area contributed by atoms with Gasteiger partial charge in [-0.3, -0.25) is 0 Å². The van der Waals surface area contributed by atoms with Crippen LogP contribution >= 0.6 is 0 Å². The second kappa shape index (κ2) is 5.99. The van der Waals surface area contributed by atoms with Crippen LogP contribution in [0.3, 0.4) is 0 Å². The van der Waals surface area contributed by atoms with Crippen LogP contribution in [0.1, 0.15) is 58.3 Å². The fourth-order valence-corrected chi connectivity index (χ4v) is 6.08. The zero-order valence-corrected chi connectivity index (χ0v) is 14.3. The third-order valence-corrected chi connectivity index (χ3v) is 6.75. The molecule has 4 bridgehead atoms. The fourth-order valence-electron chi connectivity index (χ4n) is 6.08. The quantitative estimate of drug-likeness (QED) is 0.765. The highest BCUT2D eigenvalue weighted by Crippen LogP contribution is 2.58.